The number of aromatic nitrogens is 2. The van der Waals surface area contributed by atoms with Crippen LogP contribution < -0.4 is 26.8 Å². The van der Waals surface area contributed by atoms with Crippen LogP contribution in [0.15, 0.2) is 33.9 Å². The number of aromatic amines is 1. The van der Waals surface area contributed by atoms with E-state index >= 15 is 0 Å². The van der Waals surface area contributed by atoms with Crippen molar-refractivity contribution in [1.82, 2.24) is 9.55 Å². The highest BCUT2D eigenvalue weighted by Crippen LogP contribution is 2.30. The maximum Gasteiger partial charge on any atom is 0.330 e. The van der Waals surface area contributed by atoms with Crippen LogP contribution in [0.25, 0.3) is 0 Å². The summed E-state index contributed by atoms with van der Waals surface area (Å²) in [5.74, 6) is -0.691. The van der Waals surface area contributed by atoms with Gasteiger partial charge in [0.15, 0.2) is 5.69 Å². The molecule has 0 bridgehead atoms. The number of benzene rings is 1. The van der Waals surface area contributed by atoms with Gasteiger partial charge in [-0.3, -0.25) is 23.9 Å². The molecule has 1 aromatic carbocycles. The summed E-state index contributed by atoms with van der Waals surface area (Å²) in [6.07, 6.45) is 1.50. The van der Waals surface area contributed by atoms with Gasteiger partial charge in [-0.1, -0.05) is 53.2 Å². The molecule has 2 amide bonds. The van der Waals surface area contributed by atoms with Gasteiger partial charge in [0.2, 0.25) is 11.8 Å². The number of carbonyl (C=O) groups is 2. The van der Waals surface area contributed by atoms with Crippen molar-refractivity contribution in [2.24, 2.45) is 11.8 Å². The molecule has 190 valence electrons. The maximum atomic E-state index is 13.7. The minimum absolute atomic E-state index is 0.0172. The minimum atomic E-state index is -0.692. The highest BCUT2D eigenvalue weighted by atomic mass is 16.2. The molecule has 1 aromatic heterocycles. The summed E-state index contributed by atoms with van der Waals surface area (Å²) in [5, 5.41) is 0. The number of hydrogen-bond acceptors (Lipinski definition) is 5. The smallest absolute Gasteiger partial charge is 0.330 e. The molecular weight excluding hydrogens is 446 g/mol. The summed E-state index contributed by atoms with van der Waals surface area (Å²) >= 11 is 0. The Bertz CT molecular complexity index is 1200. The van der Waals surface area contributed by atoms with E-state index in [0.29, 0.717) is 18.9 Å². The van der Waals surface area contributed by atoms with Gasteiger partial charge >= 0.3 is 5.69 Å². The molecule has 0 radical (unpaired) electrons. The first-order valence-electron chi connectivity index (χ1n) is 12.4. The zero-order chi connectivity index (χ0) is 25.9. The number of hydrogen-bond donors (Lipinski definition) is 2. The van der Waals surface area contributed by atoms with Crippen LogP contribution in [-0.2, 0) is 16.1 Å². The lowest BCUT2D eigenvalue weighted by molar-refractivity contribution is -0.124. The van der Waals surface area contributed by atoms with Crippen LogP contribution in [0.5, 0.6) is 0 Å². The lowest BCUT2D eigenvalue weighted by Crippen LogP contribution is -2.44. The number of unbranched alkanes of at least 4 members (excludes halogenated alkanes) is 1. The van der Waals surface area contributed by atoms with Gasteiger partial charge in [0.05, 0.1) is 5.92 Å². The Kier molecular flexibility index (Phi) is 8.19. The van der Waals surface area contributed by atoms with Crippen molar-refractivity contribution in [2.45, 2.75) is 66.3 Å². The van der Waals surface area contributed by atoms with E-state index in [1.54, 1.807) is 4.90 Å². The van der Waals surface area contributed by atoms with Crippen molar-refractivity contribution < 1.29 is 9.59 Å². The number of H-pyrrole nitrogens is 1. The summed E-state index contributed by atoms with van der Waals surface area (Å²) in [7, 11) is 0. The average molecular weight is 484 g/mol. The minimum Gasteiger partial charge on any atom is -0.383 e. The SMILES string of the molecule is CCCCN(C(=O)C1CC(=O)N(c2cccc(C(C)C)c2)C1)c1c(N)n(CC(C)C)c(=O)[nH]c1=O. The lowest BCUT2D eigenvalue weighted by atomic mass is 10.0. The average Bonchev–Trinajstić information content (AvgIpc) is 3.19. The van der Waals surface area contributed by atoms with Crippen LogP contribution in [0.2, 0.25) is 0 Å². The highest BCUT2D eigenvalue weighted by Gasteiger charge is 2.39. The Morgan fingerprint density at radius 1 is 1.20 bits per heavy atom. The second kappa shape index (κ2) is 10.9. The van der Waals surface area contributed by atoms with E-state index < -0.39 is 17.2 Å². The molecule has 1 aliphatic heterocycles. The predicted molar refractivity (Wildman–Crippen MR) is 139 cm³/mol. The van der Waals surface area contributed by atoms with E-state index in [1.165, 1.54) is 9.47 Å². The van der Waals surface area contributed by atoms with Crippen LogP contribution in [0, 0.1) is 11.8 Å². The van der Waals surface area contributed by atoms with E-state index in [1.807, 2.05) is 45.0 Å². The summed E-state index contributed by atoms with van der Waals surface area (Å²) < 4.78 is 1.30. The van der Waals surface area contributed by atoms with Gasteiger partial charge < -0.3 is 15.5 Å². The van der Waals surface area contributed by atoms with Crippen molar-refractivity contribution in [2.75, 3.05) is 28.6 Å². The Hall–Kier alpha value is -3.36. The number of nitrogens with zero attached hydrogens (tertiary/aromatic N) is 3. The molecule has 3 rings (SSSR count). The number of anilines is 3. The largest absolute Gasteiger partial charge is 0.383 e. The normalized spacial score (nSPS) is 15.9. The number of carbonyl (C=O) groups excluding carboxylic acids is 2. The van der Waals surface area contributed by atoms with Crippen LogP contribution in [0.1, 0.15) is 65.4 Å². The zero-order valence-electron chi connectivity index (χ0n) is 21.3. The lowest BCUT2D eigenvalue weighted by Gasteiger charge is -2.27. The molecule has 2 heterocycles. The third kappa shape index (κ3) is 5.66. The number of rotatable bonds is 9. The predicted octanol–water partition coefficient (Wildman–Crippen LogP) is 3.08. The van der Waals surface area contributed by atoms with Gasteiger partial charge in [-0.15, -0.1) is 0 Å². The molecule has 0 aliphatic carbocycles. The van der Waals surface area contributed by atoms with Gasteiger partial charge in [0, 0.05) is 31.7 Å². The summed E-state index contributed by atoms with van der Waals surface area (Å²) in [5.41, 5.74) is 6.87. The molecule has 1 unspecified atom stereocenters. The number of nitrogens with two attached hydrogens (primary N) is 1. The zero-order valence-corrected chi connectivity index (χ0v) is 21.3. The van der Waals surface area contributed by atoms with Crippen molar-refractivity contribution in [3.05, 3.63) is 50.7 Å². The molecule has 1 atom stereocenters. The maximum absolute atomic E-state index is 13.7. The first kappa shape index (κ1) is 26.2. The molecule has 9 heteroatoms. The molecule has 1 fully saturated rings. The Balaban J connectivity index is 1.96. The molecule has 3 N–H and O–H groups in total. The molecule has 1 aliphatic rings. The summed E-state index contributed by atoms with van der Waals surface area (Å²) in [4.78, 5) is 57.2. The summed E-state index contributed by atoms with van der Waals surface area (Å²) in [6.45, 7) is 10.8. The molecule has 0 spiro atoms. The monoisotopic (exact) mass is 483 g/mol. The van der Waals surface area contributed by atoms with Crippen LogP contribution >= 0.6 is 0 Å². The Morgan fingerprint density at radius 3 is 2.54 bits per heavy atom. The van der Waals surface area contributed by atoms with Gasteiger partial charge in [-0.05, 0) is 36.0 Å². The third-order valence-corrected chi connectivity index (χ3v) is 6.36. The van der Waals surface area contributed by atoms with Crippen LogP contribution in [0.3, 0.4) is 0 Å². The summed E-state index contributed by atoms with van der Waals surface area (Å²) in [6, 6.07) is 7.79. The van der Waals surface area contributed by atoms with Crippen molar-refractivity contribution in [1.29, 1.82) is 0 Å². The van der Waals surface area contributed by atoms with Gasteiger partial charge in [0.1, 0.15) is 5.82 Å². The number of amides is 2. The van der Waals surface area contributed by atoms with E-state index in [0.717, 1.165) is 17.7 Å². The topological polar surface area (TPSA) is 121 Å². The second-order valence-corrected chi connectivity index (χ2v) is 10.00. The van der Waals surface area contributed by atoms with E-state index in [2.05, 4.69) is 18.8 Å². The quantitative estimate of drug-likeness (QED) is 0.568. The van der Waals surface area contributed by atoms with Crippen LogP contribution in [-0.4, -0.2) is 34.5 Å². The molecular formula is C26H37N5O4. The van der Waals surface area contributed by atoms with E-state index in [4.69, 9.17) is 5.73 Å². The molecule has 0 saturated carbocycles. The van der Waals surface area contributed by atoms with Crippen LogP contribution in [0.4, 0.5) is 17.2 Å². The van der Waals surface area contributed by atoms with Crippen molar-refractivity contribution in [3.63, 3.8) is 0 Å². The fourth-order valence-corrected chi connectivity index (χ4v) is 4.43. The number of nitrogens with one attached hydrogen (secondary N) is 1. The second-order valence-electron chi connectivity index (χ2n) is 10.00. The van der Waals surface area contributed by atoms with Crippen molar-refractivity contribution in [3.8, 4) is 0 Å². The third-order valence-electron chi connectivity index (χ3n) is 6.36. The molecule has 9 nitrogen and oxygen atoms in total. The van der Waals surface area contributed by atoms with Crippen molar-refractivity contribution >= 4 is 29.0 Å². The van der Waals surface area contributed by atoms with Gasteiger partial charge in [-0.2, -0.15) is 0 Å². The molecule has 1 saturated heterocycles. The first-order valence-corrected chi connectivity index (χ1v) is 12.4. The highest BCUT2D eigenvalue weighted by molar-refractivity contribution is 6.05. The van der Waals surface area contributed by atoms with E-state index in [-0.39, 0.29) is 48.7 Å². The molecule has 35 heavy (non-hydrogen) atoms. The standard InChI is InChI=1S/C26H37N5O4/c1-6-7-11-29(22-23(27)31(14-16(2)3)26(35)28-24(22)33)25(34)19-13-21(32)30(15-19)20-10-8-9-18(12-20)17(4)5/h8-10,12,16-17,19H,6-7,11,13-15,27H2,1-5H3,(H,28,33,35). The Labute approximate surface area is 205 Å². The van der Waals surface area contributed by atoms with Gasteiger partial charge in [-0.25, -0.2) is 4.79 Å². The fraction of sp³-hybridized carbons (Fsp3) is 0.538. The first-order chi connectivity index (χ1) is 16.5. The van der Waals surface area contributed by atoms with E-state index in [9.17, 15) is 19.2 Å². The number of nitrogen functional groups attached to an aromatic ring is 1. The molecule has 2 aromatic rings. The Morgan fingerprint density at radius 2 is 1.91 bits per heavy atom. The van der Waals surface area contributed by atoms with Gasteiger partial charge in [0.25, 0.3) is 5.56 Å². The fourth-order valence-electron chi connectivity index (χ4n) is 4.43.